The highest BCUT2D eigenvalue weighted by molar-refractivity contribution is 7.21. The van der Waals surface area contributed by atoms with Crippen LogP contribution in [-0.2, 0) is 24.3 Å². The Balaban J connectivity index is 1.18. The summed E-state index contributed by atoms with van der Waals surface area (Å²) in [5.41, 5.74) is 1.96. The number of aromatic nitrogens is 3. The van der Waals surface area contributed by atoms with Crippen LogP contribution in [0.15, 0.2) is 59.4 Å². The molecule has 1 atom stereocenters. The van der Waals surface area contributed by atoms with Crippen LogP contribution in [0.5, 0.6) is 0 Å². The lowest BCUT2D eigenvalue weighted by Gasteiger charge is -2.23. The number of carbonyl (C=O) groups is 3. The lowest BCUT2D eigenvalue weighted by Crippen LogP contribution is -2.43. The number of hydrogen-bond acceptors (Lipinski definition) is 8. The minimum atomic E-state index is -0.355. The van der Waals surface area contributed by atoms with E-state index in [2.05, 4.69) is 10.3 Å². The van der Waals surface area contributed by atoms with Crippen LogP contribution in [-0.4, -0.2) is 56.3 Å². The zero-order valence-electron chi connectivity index (χ0n) is 22.7. The smallest absolute Gasteiger partial charge is 0.281 e. The number of anilines is 1. The van der Waals surface area contributed by atoms with Crippen molar-refractivity contribution in [1.82, 2.24) is 24.8 Å². The van der Waals surface area contributed by atoms with Crippen LogP contribution in [0, 0.1) is 0 Å². The predicted molar refractivity (Wildman–Crippen MR) is 156 cm³/mol. The van der Waals surface area contributed by atoms with Gasteiger partial charge in [-0.15, -0.1) is 0 Å². The first-order chi connectivity index (χ1) is 20.0. The summed E-state index contributed by atoms with van der Waals surface area (Å²) < 4.78 is 1.60. The molecule has 4 aromatic rings. The van der Waals surface area contributed by atoms with Crippen LogP contribution in [0.4, 0.5) is 5.13 Å². The van der Waals surface area contributed by atoms with Crippen LogP contribution < -0.4 is 15.8 Å². The van der Waals surface area contributed by atoms with Gasteiger partial charge in [0.2, 0.25) is 5.91 Å². The van der Waals surface area contributed by atoms with Crippen LogP contribution in [0.2, 0.25) is 0 Å². The van der Waals surface area contributed by atoms with E-state index in [1.54, 1.807) is 28.8 Å². The van der Waals surface area contributed by atoms with Crippen molar-refractivity contribution in [2.24, 2.45) is 0 Å². The third-order valence-corrected chi connectivity index (χ3v) is 8.66. The maximum atomic E-state index is 13.4. The number of hydrogen-bond donors (Lipinski definition) is 1. The van der Waals surface area contributed by atoms with E-state index in [0.717, 1.165) is 12.0 Å². The summed E-state index contributed by atoms with van der Waals surface area (Å²) >= 11 is 1.32. The SMILES string of the molecule is CCn1c(CCCN2C(=O)c3ccccc3C2=O)nc2sc(N3CCC[C@@H]3C(=O)NCc3ccccc3)nc2c1=O. The van der Waals surface area contributed by atoms with Gasteiger partial charge in [0.15, 0.2) is 15.5 Å². The van der Waals surface area contributed by atoms with Crippen molar-refractivity contribution in [1.29, 1.82) is 0 Å². The molecule has 6 rings (SSSR count). The minimum absolute atomic E-state index is 0.0571. The first kappa shape index (κ1) is 26.8. The van der Waals surface area contributed by atoms with E-state index in [-0.39, 0.29) is 35.9 Å². The van der Waals surface area contributed by atoms with Gasteiger partial charge in [-0.3, -0.25) is 28.6 Å². The van der Waals surface area contributed by atoms with Crippen LogP contribution in [0.25, 0.3) is 10.3 Å². The second-order valence-electron chi connectivity index (χ2n) is 10.2. The van der Waals surface area contributed by atoms with E-state index < -0.39 is 0 Å². The number of rotatable bonds is 9. The zero-order chi connectivity index (χ0) is 28.5. The number of imide groups is 1. The van der Waals surface area contributed by atoms with Gasteiger partial charge in [-0.1, -0.05) is 53.8 Å². The lowest BCUT2D eigenvalue weighted by atomic mass is 10.1. The molecule has 0 saturated carbocycles. The average molecular weight is 571 g/mol. The molecule has 2 aliphatic heterocycles. The highest BCUT2D eigenvalue weighted by Crippen LogP contribution is 2.32. The van der Waals surface area contributed by atoms with Crippen LogP contribution in [0.3, 0.4) is 0 Å². The Morgan fingerprint density at radius 1 is 1.00 bits per heavy atom. The maximum absolute atomic E-state index is 13.4. The van der Waals surface area contributed by atoms with Gasteiger partial charge >= 0.3 is 0 Å². The topological polar surface area (TPSA) is 118 Å². The van der Waals surface area contributed by atoms with Gasteiger partial charge in [-0.2, -0.15) is 0 Å². The van der Waals surface area contributed by atoms with Crippen molar-refractivity contribution in [2.75, 3.05) is 18.0 Å². The Bertz CT molecular complexity index is 1660. The number of aryl methyl sites for hydroxylation is 1. The third-order valence-electron chi connectivity index (χ3n) is 7.68. The minimum Gasteiger partial charge on any atom is -0.350 e. The van der Waals surface area contributed by atoms with Crippen LogP contribution in [0.1, 0.15) is 58.3 Å². The normalized spacial score (nSPS) is 16.6. The van der Waals surface area contributed by atoms with E-state index in [9.17, 15) is 19.2 Å². The third kappa shape index (κ3) is 5.01. The first-order valence-corrected chi connectivity index (χ1v) is 14.7. The molecule has 2 aliphatic rings. The molecule has 10 nitrogen and oxygen atoms in total. The molecule has 11 heteroatoms. The molecule has 2 aromatic heterocycles. The molecule has 1 fully saturated rings. The first-order valence-electron chi connectivity index (χ1n) is 13.9. The average Bonchev–Trinajstić information content (AvgIpc) is 3.71. The van der Waals surface area contributed by atoms with Crippen molar-refractivity contribution in [3.05, 3.63) is 87.5 Å². The number of thiazole rings is 1. The molecule has 0 aliphatic carbocycles. The van der Waals surface area contributed by atoms with Crippen molar-refractivity contribution in [2.45, 2.75) is 51.7 Å². The Morgan fingerprint density at radius 3 is 2.41 bits per heavy atom. The summed E-state index contributed by atoms with van der Waals surface area (Å²) in [5, 5.41) is 3.65. The molecular formula is C30H30N6O4S. The Hall–Kier alpha value is -4.38. The van der Waals surface area contributed by atoms with Gasteiger partial charge in [0.05, 0.1) is 11.1 Å². The van der Waals surface area contributed by atoms with E-state index in [0.29, 0.717) is 71.3 Å². The number of carbonyl (C=O) groups excluding carboxylic acids is 3. The summed E-state index contributed by atoms with van der Waals surface area (Å²) in [7, 11) is 0. The van der Waals surface area contributed by atoms with Gasteiger partial charge in [0.25, 0.3) is 17.4 Å². The molecule has 1 N–H and O–H groups in total. The number of nitrogens with zero attached hydrogens (tertiary/aromatic N) is 5. The van der Waals surface area contributed by atoms with Crippen molar-refractivity contribution < 1.29 is 14.4 Å². The largest absolute Gasteiger partial charge is 0.350 e. The number of nitrogens with one attached hydrogen (secondary N) is 1. The second kappa shape index (κ2) is 11.2. The van der Waals surface area contributed by atoms with E-state index in [1.165, 1.54) is 16.2 Å². The highest BCUT2D eigenvalue weighted by atomic mass is 32.1. The standard InChI is InChI=1S/C30H30N6O4S/c1-2-34-23(15-9-17-36-27(38)20-12-6-7-13-21(20)28(36)39)32-26-24(29(34)40)33-30(41-26)35-16-8-14-22(35)25(37)31-18-19-10-4-3-5-11-19/h3-7,10-13,22H,2,8-9,14-18H2,1H3,(H,31,37)/t22-/m1/s1. The molecule has 3 amide bonds. The van der Waals surface area contributed by atoms with Gasteiger partial charge in [-0.05, 0) is 43.9 Å². The van der Waals surface area contributed by atoms with Crippen molar-refractivity contribution in [3.63, 3.8) is 0 Å². The Labute approximate surface area is 240 Å². The fourth-order valence-electron chi connectivity index (χ4n) is 5.59. The zero-order valence-corrected chi connectivity index (χ0v) is 23.5. The molecular weight excluding hydrogens is 540 g/mol. The fraction of sp³-hybridized carbons (Fsp3) is 0.333. The van der Waals surface area contributed by atoms with Crippen molar-refractivity contribution >= 4 is 44.5 Å². The monoisotopic (exact) mass is 570 g/mol. The molecule has 41 heavy (non-hydrogen) atoms. The molecule has 0 bridgehead atoms. The summed E-state index contributed by atoms with van der Waals surface area (Å²) in [6.45, 7) is 3.68. The van der Waals surface area contributed by atoms with E-state index in [1.807, 2.05) is 42.2 Å². The molecule has 0 unspecified atom stereocenters. The Morgan fingerprint density at radius 2 is 1.71 bits per heavy atom. The molecule has 1 saturated heterocycles. The van der Waals surface area contributed by atoms with Gasteiger partial charge in [0, 0.05) is 32.6 Å². The summed E-state index contributed by atoms with van der Waals surface area (Å²) in [5.74, 6) is -0.0438. The highest BCUT2D eigenvalue weighted by Gasteiger charge is 2.35. The summed E-state index contributed by atoms with van der Waals surface area (Å²) in [6.07, 6.45) is 2.47. The molecule has 4 heterocycles. The van der Waals surface area contributed by atoms with Crippen LogP contribution >= 0.6 is 11.3 Å². The molecule has 0 radical (unpaired) electrons. The van der Waals surface area contributed by atoms with Gasteiger partial charge in [-0.25, -0.2) is 9.97 Å². The van der Waals surface area contributed by atoms with Crippen molar-refractivity contribution in [3.8, 4) is 0 Å². The quantitative estimate of drug-likeness (QED) is 0.307. The lowest BCUT2D eigenvalue weighted by molar-refractivity contribution is -0.122. The van der Waals surface area contributed by atoms with Gasteiger partial charge < -0.3 is 10.2 Å². The molecule has 2 aromatic carbocycles. The fourth-order valence-corrected chi connectivity index (χ4v) is 6.61. The number of amides is 3. The van der Waals surface area contributed by atoms with Gasteiger partial charge in [0.1, 0.15) is 11.9 Å². The summed E-state index contributed by atoms with van der Waals surface area (Å²) in [6, 6.07) is 16.2. The summed E-state index contributed by atoms with van der Waals surface area (Å²) in [4.78, 5) is 65.1. The number of fused-ring (bicyclic) bond motifs is 2. The van der Waals surface area contributed by atoms with E-state index >= 15 is 0 Å². The second-order valence-corrected chi connectivity index (χ2v) is 11.1. The van der Waals surface area contributed by atoms with E-state index in [4.69, 9.17) is 4.98 Å². The molecule has 0 spiro atoms. The predicted octanol–water partition coefficient (Wildman–Crippen LogP) is 3.39. The maximum Gasteiger partial charge on any atom is 0.281 e. The molecule has 210 valence electrons. The number of benzene rings is 2. The Kier molecular flexibility index (Phi) is 7.36.